The van der Waals surface area contributed by atoms with Crippen LogP contribution in [-0.2, 0) is 17.8 Å². The van der Waals surface area contributed by atoms with Gasteiger partial charge in [-0.1, -0.05) is 59.8 Å². The number of ether oxygens (including phenoxy) is 2. The number of methoxy groups -OCH3 is 2. The minimum absolute atomic E-state index is 0.0329. The molecule has 4 nitrogen and oxygen atoms in total. The molecule has 1 atom stereocenters. The van der Waals surface area contributed by atoms with E-state index in [9.17, 15) is 10.4 Å². The van der Waals surface area contributed by atoms with Crippen LogP contribution < -0.4 is 9.47 Å². The van der Waals surface area contributed by atoms with Crippen molar-refractivity contribution in [2.75, 3.05) is 14.2 Å². The molecule has 1 N–H and O–H groups in total. The molecule has 0 aliphatic heterocycles. The summed E-state index contributed by atoms with van der Waals surface area (Å²) in [5, 5.41) is 20.0. The van der Waals surface area contributed by atoms with Crippen LogP contribution >= 0.6 is 11.8 Å². The quantitative estimate of drug-likeness (QED) is 0.505. The van der Waals surface area contributed by atoms with Gasteiger partial charge < -0.3 is 14.6 Å². The van der Waals surface area contributed by atoms with E-state index >= 15 is 0 Å². The molecule has 0 spiro atoms. The number of benzene rings is 3. The zero-order valence-corrected chi connectivity index (χ0v) is 18.2. The second kappa shape index (κ2) is 9.71. The van der Waals surface area contributed by atoms with Gasteiger partial charge in [-0.15, -0.1) is 0 Å². The second-order valence-electron chi connectivity index (χ2n) is 7.08. The summed E-state index contributed by atoms with van der Waals surface area (Å²) in [6.45, 7) is 2.01. The first kappa shape index (κ1) is 21.8. The summed E-state index contributed by atoms with van der Waals surface area (Å²) in [7, 11) is 3.18. The summed E-state index contributed by atoms with van der Waals surface area (Å²) < 4.78 is 9.98. The van der Waals surface area contributed by atoms with Crippen LogP contribution in [0.5, 0.6) is 11.5 Å². The van der Waals surface area contributed by atoms with Crippen molar-refractivity contribution in [2.24, 2.45) is 0 Å². The topological polar surface area (TPSA) is 62.5 Å². The van der Waals surface area contributed by atoms with Crippen LogP contribution in [0.3, 0.4) is 0 Å². The number of rotatable bonds is 8. The smallest absolute Gasteiger partial charge is 0.161 e. The van der Waals surface area contributed by atoms with Crippen LogP contribution in [0.2, 0.25) is 0 Å². The Kier molecular flexibility index (Phi) is 7.04. The Labute approximate surface area is 182 Å². The number of aliphatic hydroxyl groups excluding tert-OH is 1. The number of nitriles is 1. The van der Waals surface area contributed by atoms with E-state index in [1.807, 2.05) is 73.7 Å². The van der Waals surface area contributed by atoms with Gasteiger partial charge in [0.05, 0.1) is 26.9 Å². The highest BCUT2D eigenvalue weighted by atomic mass is 32.2. The zero-order valence-electron chi connectivity index (χ0n) is 17.4. The highest BCUT2D eigenvalue weighted by molar-refractivity contribution is 8.00. The maximum atomic E-state index is 10.4. The lowest BCUT2D eigenvalue weighted by Crippen LogP contribution is -2.23. The first-order valence-electron chi connectivity index (χ1n) is 9.61. The molecule has 5 heteroatoms. The molecule has 0 saturated carbocycles. The molecule has 0 amide bonds. The third-order valence-corrected chi connectivity index (χ3v) is 6.30. The first-order valence-corrected chi connectivity index (χ1v) is 10.4. The van der Waals surface area contributed by atoms with Gasteiger partial charge in [-0.05, 0) is 47.9 Å². The van der Waals surface area contributed by atoms with Crippen molar-refractivity contribution < 1.29 is 14.6 Å². The van der Waals surface area contributed by atoms with Crippen LogP contribution in [0, 0.1) is 18.3 Å². The van der Waals surface area contributed by atoms with Crippen LogP contribution in [0.25, 0.3) is 0 Å². The largest absolute Gasteiger partial charge is 0.493 e. The van der Waals surface area contributed by atoms with Gasteiger partial charge in [0, 0.05) is 11.3 Å². The molecule has 1 unspecified atom stereocenters. The molecule has 0 bridgehead atoms. The Bertz CT molecular complexity index is 1040. The molecule has 30 heavy (non-hydrogen) atoms. The van der Waals surface area contributed by atoms with Crippen molar-refractivity contribution in [3.63, 3.8) is 0 Å². The number of aryl methyl sites for hydroxylation is 1. The lowest BCUT2D eigenvalue weighted by atomic mass is 9.91. The van der Waals surface area contributed by atoms with Crippen LogP contribution in [0.15, 0.2) is 71.6 Å². The predicted octanol–water partition coefficient (Wildman–Crippen LogP) is 5.26. The fourth-order valence-corrected chi connectivity index (χ4v) is 4.55. The molecule has 0 fully saturated rings. The Balaban J connectivity index is 2.10. The first-order chi connectivity index (χ1) is 14.5. The van der Waals surface area contributed by atoms with Crippen molar-refractivity contribution in [2.45, 2.75) is 29.6 Å². The predicted molar refractivity (Wildman–Crippen MR) is 120 cm³/mol. The van der Waals surface area contributed by atoms with Crippen molar-refractivity contribution in [1.82, 2.24) is 0 Å². The van der Waals surface area contributed by atoms with Crippen molar-refractivity contribution in [3.8, 4) is 17.6 Å². The van der Waals surface area contributed by atoms with E-state index in [0.29, 0.717) is 17.9 Å². The third-order valence-electron chi connectivity index (χ3n) is 4.97. The summed E-state index contributed by atoms with van der Waals surface area (Å²) in [6, 6.07) is 24.1. The van der Waals surface area contributed by atoms with Gasteiger partial charge in [-0.3, -0.25) is 0 Å². The van der Waals surface area contributed by atoms with Gasteiger partial charge in [0.1, 0.15) is 4.75 Å². The zero-order chi connectivity index (χ0) is 21.6. The molecule has 154 valence electrons. The molecule has 3 aromatic rings. The van der Waals surface area contributed by atoms with E-state index in [4.69, 9.17) is 9.47 Å². The van der Waals surface area contributed by atoms with Gasteiger partial charge in [0.2, 0.25) is 0 Å². The average molecular weight is 420 g/mol. The monoisotopic (exact) mass is 419 g/mol. The molecule has 3 rings (SSSR count). The van der Waals surface area contributed by atoms with E-state index in [1.165, 1.54) is 17.3 Å². The molecule has 0 aromatic heterocycles. The number of aliphatic hydroxyl groups is 1. The highest BCUT2D eigenvalue weighted by Gasteiger charge is 2.35. The molecule has 0 radical (unpaired) electrons. The van der Waals surface area contributed by atoms with Crippen molar-refractivity contribution in [3.05, 3.63) is 89.0 Å². The van der Waals surface area contributed by atoms with Crippen molar-refractivity contribution in [1.29, 1.82) is 5.26 Å². The lowest BCUT2D eigenvalue weighted by molar-refractivity contribution is 0.281. The summed E-state index contributed by atoms with van der Waals surface area (Å²) >= 11 is 1.52. The Hall–Kier alpha value is -2.94. The minimum Gasteiger partial charge on any atom is -0.493 e. The second-order valence-corrected chi connectivity index (χ2v) is 8.45. The lowest BCUT2D eigenvalue weighted by Gasteiger charge is -2.28. The maximum Gasteiger partial charge on any atom is 0.161 e. The van der Waals surface area contributed by atoms with E-state index in [1.54, 1.807) is 14.2 Å². The average Bonchev–Trinajstić information content (AvgIpc) is 2.79. The highest BCUT2D eigenvalue weighted by Crippen LogP contribution is 2.46. The molecule has 0 aliphatic rings. The van der Waals surface area contributed by atoms with E-state index in [0.717, 1.165) is 21.6 Å². The fourth-order valence-electron chi connectivity index (χ4n) is 3.34. The number of thioether (sulfide) groups is 1. The standard InChI is InChI=1S/C25H25NO3S/c1-18-7-10-22(11-8-18)30-25(17-26,15-19-5-4-6-20(13-19)16-27)21-9-12-23(28-2)24(14-21)29-3/h4-14,27H,15-16H2,1-3H3. The van der Waals surface area contributed by atoms with Crippen LogP contribution in [-0.4, -0.2) is 19.3 Å². The summed E-state index contributed by atoms with van der Waals surface area (Å²) in [6.07, 6.45) is 0.478. The maximum absolute atomic E-state index is 10.4. The number of hydrogen-bond acceptors (Lipinski definition) is 5. The Morgan fingerprint density at radius 2 is 1.63 bits per heavy atom. The number of nitrogens with zero attached hydrogens (tertiary/aromatic N) is 1. The Morgan fingerprint density at radius 1 is 0.933 bits per heavy atom. The van der Waals surface area contributed by atoms with E-state index < -0.39 is 4.75 Å². The molecule has 0 saturated heterocycles. The summed E-state index contributed by atoms with van der Waals surface area (Å²) in [5.41, 5.74) is 3.82. The summed E-state index contributed by atoms with van der Waals surface area (Å²) in [5.74, 6) is 1.21. The van der Waals surface area contributed by atoms with Gasteiger partial charge in [0.25, 0.3) is 0 Å². The minimum atomic E-state index is -0.886. The van der Waals surface area contributed by atoms with Gasteiger partial charge in [-0.25, -0.2) is 0 Å². The van der Waals surface area contributed by atoms with E-state index in [-0.39, 0.29) is 6.61 Å². The van der Waals surface area contributed by atoms with Crippen LogP contribution in [0.1, 0.15) is 22.3 Å². The molecular formula is C25H25NO3S. The van der Waals surface area contributed by atoms with Gasteiger partial charge >= 0.3 is 0 Å². The van der Waals surface area contributed by atoms with E-state index in [2.05, 4.69) is 6.07 Å². The molecular weight excluding hydrogens is 394 g/mol. The molecule has 0 heterocycles. The number of hydrogen-bond donors (Lipinski definition) is 1. The van der Waals surface area contributed by atoms with Crippen molar-refractivity contribution >= 4 is 11.8 Å². The third kappa shape index (κ3) is 4.79. The summed E-state index contributed by atoms with van der Waals surface area (Å²) in [4.78, 5) is 1.01. The molecule has 3 aromatic carbocycles. The van der Waals surface area contributed by atoms with Gasteiger partial charge in [-0.2, -0.15) is 5.26 Å². The normalized spacial score (nSPS) is 12.6. The molecule has 0 aliphatic carbocycles. The van der Waals surface area contributed by atoms with Crippen LogP contribution in [0.4, 0.5) is 0 Å². The van der Waals surface area contributed by atoms with Gasteiger partial charge in [0.15, 0.2) is 11.5 Å². The SMILES string of the molecule is COc1ccc(C(C#N)(Cc2cccc(CO)c2)Sc2ccc(C)cc2)cc1OC. The fraction of sp³-hybridized carbons (Fsp3) is 0.240. The Morgan fingerprint density at radius 3 is 2.27 bits per heavy atom.